The second-order valence-electron chi connectivity index (χ2n) is 3.99. The fourth-order valence-electron chi connectivity index (χ4n) is 1.72. The van der Waals surface area contributed by atoms with Crippen LogP contribution in [0, 0.1) is 0 Å². The smallest absolute Gasteiger partial charge is 0.339 e. The number of esters is 1. The van der Waals surface area contributed by atoms with Gasteiger partial charge in [-0.05, 0) is 30.3 Å². The van der Waals surface area contributed by atoms with Crippen LogP contribution in [-0.2, 0) is 4.74 Å². The van der Waals surface area contributed by atoms with E-state index in [2.05, 4.69) is 0 Å². The predicted octanol–water partition coefficient (Wildman–Crippen LogP) is 3.22. The number of nitrogens with two attached hydrogens (primary N) is 1. The van der Waals surface area contributed by atoms with Gasteiger partial charge in [-0.3, -0.25) is 0 Å². The van der Waals surface area contributed by atoms with E-state index in [1.165, 1.54) is 18.9 Å². The Hall–Kier alpha value is -2.14. The van der Waals surface area contributed by atoms with Crippen molar-refractivity contribution in [2.45, 2.75) is 9.79 Å². The van der Waals surface area contributed by atoms with Crippen molar-refractivity contribution < 1.29 is 14.3 Å². The van der Waals surface area contributed by atoms with Crippen molar-refractivity contribution in [1.29, 1.82) is 0 Å². The van der Waals surface area contributed by atoms with Gasteiger partial charge >= 0.3 is 5.97 Å². The lowest BCUT2D eigenvalue weighted by Crippen LogP contribution is -2.05. The molecule has 0 saturated heterocycles. The van der Waals surface area contributed by atoms with E-state index in [9.17, 15) is 4.79 Å². The quantitative estimate of drug-likeness (QED) is 0.691. The molecule has 0 saturated carbocycles. The van der Waals surface area contributed by atoms with Crippen LogP contribution in [0.4, 0.5) is 5.69 Å². The largest absolute Gasteiger partial charge is 0.496 e. The molecule has 0 spiro atoms. The number of rotatable bonds is 4. The number of nitrogen functional groups attached to an aromatic ring is 1. The highest BCUT2D eigenvalue weighted by Gasteiger charge is 2.12. The molecule has 2 aromatic rings. The molecule has 2 rings (SSSR count). The highest BCUT2D eigenvalue weighted by atomic mass is 32.2. The molecule has 0 aliphatic heterocycles. The van der Waals surface area contributed by atoms with Crippen molar-refractivity contribution in [3.63, 3.8) is 0 Å². The lowest BCUT2D eigenvalue weighted by Gasteiger charge is -2.09. The number of hydrogen-bond donors (Lipinski definition) is 1. The average molecular weight is 289 g/mol. The van der Waals surface area contributed by atoms with Gasteiger partial charge in [-0.15, -0.1) is 0 Å². The maximum atomic E-state index is 11.6. The number of para-hydroxylation sites is 1. The summed E-state index contributed by atoms with van der Waals surface area (Å²) in [5.41, 5.74) is 6.55. The van der Waals surface area contributed by atoms with Crippen LogP contribution in [0.15, 0.2) is 52.3 Å². The van der Waals surface area contributed by atoms with Gasteiger partial charge in [0.2, 0.25) is 0 Å². The zero-order chi connectivity index (χ0) is 14.5. The molecule has 0 heterocycles. The van der Waals surface area contributed by atoms with Gasteiger partial charge < -0.3 is 15.2 Å². The summed E-state index contributed by atoms with van der Waals surface area (Å²) in [4.78, 5) is 13.5. The van der Waals surface area contributed by atoms with Gasteiger partial charge in [-0.2, -0.15) is 0 Å². The Kier molecular flexibility index (Phi) is 4.53. The topological polar surface area (TPSA) is 61.5 Å². The zero-order valence-corrected chi connectivity index (χ0v) is 12.1. The summed E-state index contributed by atoms with van der Waals surface area (Å²) in [7, 11) is 2.96. The highest BCUT2D eigenvalue weighted by molar-refractivity contribution is 7.99. The normalized spacial score (nSPS) is 10.1. The van der Waals surface area contributed by atoms with Gasteiger partial charge in [0.1, 0.15) is 5.75 Å². The van der Waals surface area contributed by atoms with E-state index in [-0.39, 0.29) is 0 Å². The summed E-state index contributed by atoms with van der Waals surface area (Å²) < 4.78 is 10.0. The van der Waals surface area contributed by atoms with Gasteiger partial charge in [0.05, 0.1) is 24.7 Å². The third kappa shape index (κ3) is 3.05. The molecule has 0 bridgehead atoms. The van der Waals surface area contributed by atoms with Gasteiger partial charge in [-0.1, -0.05) is 23.9 Å². The number of anilines is 1. The number of hydrogen-bond acceptors (Lipinski definition) is 5. The fourth-order valence-corrected chi connectivity index (χ4v) is 2.68. The van der Waals surface area contributed by atoms with Crippen molar-refractivity contribution >= 4 is 23.4 Å². The first-order valence-corrected chi connectivity index (χ1v) is 6.76. The molecule has 0 atom stereocenters. The minimum Gasteiger partial charge on any atom is -0.496 e. The van der Waals surface area contributed by atoms with Gasteiger partial charge in [0, 0.05) is 10.6 Å². The zero-order valence-electron chi connectivity index (χ0n) is 11.3. The molecule has 0 unspecified atom stereocenters. The number of methoxy groups -OCH3 is 2. The fraction of sp³-hybridized carbons (Fsp3) is 0.133. The Labute approximate surface area is 121 Å². The van der Waals surface area contributed by atoms with Crippen molar-refractivity contribution in [3.05, 3.63) is 48.0 Å². The van der Waals surface area contributed by atoms with Crippen molar-refractivity contribution in [2.75, 3.05) is 20.0 Å². The molecule has 5 heteroatoms. The third-order valence-electron chi connectivity index (χ3n) is 2.73. The minimum absolute atomic E-state index is 0.368. The second-order valence-corrected chi connectivity index (χ2v) is 5.11. The average Bonchev–Trinajstić information content (AvgIpc) is 2.49. The van der Waals surface area contributed by atoms with E-state index >= 15 is 0 Å². The van der Waals surface area contributed by atoms with E-state index in [4.69, 9.17) is 15.2 Å². The summed E-state index contributed by atoms with van der Waals surface area (Å²) in [5, 5.41) is 0. The minimum atomic E-state index is -0.440. The molecular formula is C15H15NO3S. The lowest BCUT2D eigenvalue weighted by molar-refractivity contribution is 0.0601. The molecule has 4 nitrogen and oxygen atoms in total. The molecule has 0 fully saturated rings. The van der Waals surface area contributed by atoms with E-state index in [1.54, 1.807) is 19.2 Å². The van der Waals surface area contributed by atoms with Gasteiger partial charge in [0.15, 0.2) is 0 Å². The maximum absolute atomic E-state index is 11.6. The molecule has 0 aliphatic carbocycles. The van der Waals surface area contributed by atoms with Crippen LogP contribution < -0.4 is 10.5 Å². The van der Waals surface area contributed by atoms with E-state index in [0.29, 0.717) is 11.3 Å². The first-order valence-electron chi connectivity index (χ1n) is 5.94. The Morgan fingerprint density at radius 2 is 1.90 bits per heavy atom. The van der Waals surface area contributed by atoms with E-state index in [1.807, 2.05) is 30.3 Å². The number of carbonyl (C=O) groups is 1. The molecular weight excluding hydrogens is 274 g/mol. The Morgan fingerprint density at radius 1 is 1.15 bits per heavy atom. The summed E-state index contributed by atoms with van der Waals surface area (Å²) in [5.74, 6) is 0.346. The summed E-state index contributed by atoms with van der Waals surface area (Å²) in [6, 6.07) is 13.0. The summed E-state index contributed by atoms with van der Waals surface area (Å²) in [6.07, 6.45) is 0. The summed E-state index contributed by atoms with van der Waals surface area (Å²) >= 11 is 1.50. The Morgan fingerprint density at radius 3 is 2.60 bits per heavy atom. The molecule has 0 aromatic heterocycles. The number of benzene rings is 2. The molecule has 2 aromatic carbocycles. The molecule has 20 heavy (non-hydrogen) atoms. The summed E-state index contributed by atoms with van der Waals surface area (Å²) in [6.45, 7) is 0. The number of carbonyl (C=O) groups excluding carboxylic acids is 1. The lowest BCUT2D eigenvalue weighted by atomic mass is 10.2. The van der Waals surface area contributed by atoms with E-state index < -0.39 is 5.97 Å². The van der Waals surface area contributed by atoms with Crippen LogP contribution in [0.3, 0.4) is 0 Å². The molecule has 0 radical (unpaired) electrons. The molecule has 2 N–H and O–H groups in total. The van der Waals surface area contributed by atoms with Crippen LogP contribution in [0.2, 0.25) is 0 Å². The predicted molar refractivity (Wildman–Crippen MR) is 79.3 cm³/mol. The highest BCUT2D eigenvalue weighted by Crippen LogP contribution is 2.35. The van der Waals surface area contributed by atoms with Crippen LogP contribution in [0.1, 0.15) is 10.4 Å². The Balaban J connectivity index is 2.32. The standard InChI is InChI=1S/C15H15NO3S/c1-18-13-5-3-4-6-14(13)20-10-7-8-12(16)11(9-10)15(17)19-2/h3-9H,16H2,1-2H3. The first-order chi connectivity index (χ1) is 9.65. The van der Waals surface area contributed by atoms with Crippen molar-refractivity contribution in [3.8, 4) is 5.75 Å². The monoisotopic (exact) mass is 289 g/mol. The van der Waals surface area contributed by atoms with Crippen LogP contribution in [-0.4, -0.2) is 20.2 Å². The SMILES string of the molecule is COC(=O)c1cc(Sc2ccccc2OC)ccc1N. The van der Waals surface area contributed by atoms with Gasteiger partial charge in [0.25, 0.3) is 0 Å². The number of ether oxygens (including phenoxy) is 2. The van der Waals surface area contributed by atoms with Crippen LogP contribution >= 0.6 is 11.8 Å². The van der Waals surface area contributed by atoms with Crippen LogP contribution in [0.5, 0.6) is 5.75 Å². The van der Waals surface area contributed by atoms with Crippen LogP contribution in [0.25, 0.3) is 0 Å². The van der Waals surface area contributed by atoms with Crippen molar-refractivity contribution in [1.82, 2.24) is 0 Å². The van der Waals surface area contributed by atoms with Crippen molar-refractivity contribution in [2.24, 2.45) is 0 Å². The first kappa shape index (κ1) is 14.3. The third-order valence-corrected chi connectivity index (χ3v) is 3.77. The molecule has 0 aliphatic rings. The van der Waals surface area contributed by atoms with E-state index in [0.717, 1.165) is 15.5 Å². The maximum Gasteiger partial charge on any atom is 0.339 e. The van der Waals surface area contributed by atoms with Gasteiger partial charge in [-0.25, -0.2) is 4.79 Å². The second kappa shape index (κ2) is 6.34. The molecule has 104 valence electrons. The Bertz CT molecular complexity index is 628. The molecule has 0 amide bonds.